The zero-order valence-electron chi connectivity index (χ0n) is 10.1. The van der Waals surface area contributed by atoms with Gasteiger partial charge in [-0.15, -0.1) is 11.6 Å². The first-order chi connectivity index (χ1) is 6.66. The molecule has 0 aromatic rings. The van der Waals surface area contributed by atoms with Gasteiger partial charge in [-0.2, -0.15) is 0 Å². The van der Waals surface area contributed by atoms with Crippen molar-refractivity contribution < 1.29 is 0 Å². The molecule has 0 aliphatic carbocycles. The van der Waals surface area contributed by atoms with Crippen LogP contribution in [0.25, 0.3) is 0 Å². The second-order valence-electron chi connectivity index (χ2n) is 4.59. The van der Waals surface area contributed by atoms with Gasteiger partial charge in [0.05, 0.1) is 0 Å². The van der Waals surface area contributed by atoms with Crippen LogP contribution in [0.15, 0.2) is 0 Å². The number of hydrogen-bond acceptors (Lipinski definition) is 1. The Morgan fingerprint density at radius 1 is 1.00 bits per heavy atom. The Kier molecular flexibility index (Phi) is 9.97. The van der Waals surface area contributed by atoms with Gasteiger partial charge < -0.3 is 4.90 Å². The predicted molar refractivity (Wildman–Crippen MR) is 66.1 cm³/mol. The van der Waals surface area contributed by atoms with Crippen molar-refractivity contribution in [1.29, 1.82) is 0 Å². The van der Waals surface area contributed by atoms with E-state index in [-0.39, 0.29) is 0 Å². The number of nitrogens with zero attached hydrogens (tertiary/aromatic N) is 1. The molecule has 0 aliphatic heterocycles. The third kappa shape index (κ3) is 10.3. The van der Waals surface area contributed by atoms with Gasteiger partial charge in [0.1, 0.15) is 0 Å². The van der Waals surface area contributed by atoms with Crippen LogP contribution < -0.4 is 0 Å². The topological polar surface area (TPSA) is 3.24 Å². The smallest absolute Gasteiger partial charge is 0.0223 e. The van der Waals surface area contributed by atoms with Crippen LogP contribution in [0.1, 0.15) is 46.0 Å². The second-order valence-corrected chi connectivity index (χ2v) is 4.97. The Labute approximate surface area is 94.8 Å². The van der Waals surface area contributed by atoms with Gasteiger partial charge in [0.25, 0.3) is 0 Å². The first kappa shape index (κ1) is 14.2. The molecule has 86 valence electrons. The van der Waals surface area contributed by atoms with Crippen molar-refractivity contribution in [3.8, 4) is 0 Å². The fourth-order valence-electron chi connectivity index (χ4n) is 1.42. The van der Waals surface area contributed by atoms with Gasteiger partial charge in [0.15, 0.2) is 0 Å². The molecule has 0 spiro atoms. The highest BCUT2D eigenvalue weighted by Crippen LogP contribution is 2.04. The van der Waals surface area contributed by atoms with Crippen LogP contribution in [0.3, 0.4) is 0 Å². The summed E-state index contributed by atoms with van der Waals surface area (Å²) < 4.78 is 0. The summed E-state index contributed by atoms with van der Waals surface area (Å²) in [5, 5.41) is 0. The predicted octanol–water partition coefficient (Wildman–Crippen LogP) is 3.76. The number of hydrogen-bond donors (Lipinski definition) is 0. The fourth-order valence-corrected chi connectivity index (χ4v) is 1.61. The molecule has 0 unspecified atom stereocenters. The molecular formula is C12H26ClN. The maximum absolute atomic E-state index is 5.62. The lowest BCUT2D eigenvalue weighted by Crippen LogP contribution is -2.21. The minimum absolute atomic E-state index is 0.823. The van der Waals surface area contributed by atoms with E-state index in [1.807, 2.05) is 0 Å². The van der Waals surface area contributed by atoms with E-state index in [4.69, 9.17) is 11.6 Å². The standard InChI is InChI=1S/C12H26ClN/c1-12(2)8-11-14(3)10-7-5-4-6-9-13/h12H,4-11H2,1-3H3. The normalized spacial score (nSPS) is 11.6. The monoisotopic (exact) mass is 219 g/mol. The van der Waals surface area contributed by atoms with Crippen LogP contribution in [-0.2, 0) is 0 Å². The van der Waals surface area contributed by atoms with E-state index >= 15 is 0 Å². The average Bonchev–Trinajstić information content (AvgIpc) is 2.14. The molecule has 14 heavy (non-hydrogen) atoms. The summed E-state index contributed by atoms with van der Waals surface area (Å²) in [5.74, 6) is 1.65. The largest absolute Gasteiger partial charge is 0.306 e. The van der Waals surface area contributed by atoms with E-state index in [0.717, 1.165) is 11.8 Å². The Balaban J connectivity index is 3.14. The van der Waals surface area contributed by atoms with Crippen molar-refractivity contribution in [2.45, 2.75) is 46.0 Å². The number of alkyl halides is 1. The van der Waals surface area contributed by atoms with Gasteiger partial charge >= 0.3 is 0 Å². The SMILES string of the molecule is CC(C)CCN(C)CCCCCCCl. The molecule has 0 rings (SSSR count). The van der Waals surface area contributed by atoms with Gasteiger partial charge in [0, 0.05) is 5.88 Å². The first-order valence-corrected chi connectivity index (χ1v) is 6.44. The molecule has 0 N–H and O–H groups in total. The summed E-state index contributed by atoms with van der Waals surface area (Å²) in [7, 11) is 2.23. The van der Waals surface area contributed by atoms with Crippen LogP contribution in [0, 0.1) is 5.92 Å². The summed E-state index contributed by atoms with van der Waals surface area (Å²) in [6.07, 6.45) is 6.45. The molecule has 0 aromatic heterocycles. The lowest BCUT2D eigenvalue weighted by atomic mass is 10.1. The lowest BCUT2D eigenvalue weighted by molar-refractivity contribution is 0.303. The van der Waals surface area contributed by atoms with Crippen molar-refractivity contribution in [3.05, 3.63) is 0 Å². The molecule has 0 fully saturated rings. The molecule has 0 heterocycles. The fraction of sp³-hybridized carbons (Fsp3) is 1.00. The highest BCUT2D eigenvalue weighted by Gasteiger charge is 1.99. The molecule has 0 amide bonds. The van der Waals surface area contributed by atoms with Gasteiger partial charge in [-0.05, 0) is 45.3 Å². The summed E-state index contributed by atoms with van der Waals surface area (Å²) in [6, 6.07) is 0. The van der Waals surface area contributed by atoms with Crippen molar-refractivity contribution in [1.82, 2.24) is 4.90 Å². The molecule has 0 radical (unpaired) electrons. The molecule has 0 bridgehead atoms. The van der Waals surface area contributed by atoms with E-state index in [9.17, 15) is 0 Å². The maximum Gasteiger partial charge on any atom is 0.0223 e. The Hall–Kier alpha value is 0.250. The van der Waals surface area contributed by atoms with E-state index in [1.54, 1.807) is 0 Å². The third-order valence-corrected chi connectivity index (χ3v) is 2.78. The molecule has 0 saturated heterocycles. The van der Waals surface area contributed by atoms with Crippen LogP contribution in [-0.4, -0.2) is 30.9 Å². The molecule has 1 nitrogen and oxygen atoms in total. The maximum atomic E-state index is 5.62. The summed E-state index contributed by atoms with van der Waals surface area (Å²) >= 11 is 5.62. The Morgan fingerprint density at radius 3 is 2.21 bits per heavy atom. The van der Waals surface area contributed by atoms with Crippen molar-refractivity contribution in [2.24, 2.45) is 5.92 Å². The highest BCUT2D eigenvalue weighted by atomic mass is 35.5. The minimum Gasteiger partial charge on any atom is -0.306 e. The highest BCUT2D eigenvalue weighted by molar-refractivity contribution is 6.17. The van der Waals surface area contributed by atoms with E-state index < -0.39 is 0 Å². The molecular weight excluding hydrogens is 194 g/mol. The van der Waals surface area contributed by atoms with E-state index in [2.05, 4.69) is 25.8 Å². The third-order valence-electron chi connectivity index (χ3n) is 2.51. The van der Waals surface area contributed by atoms with Crippen LogP contribution in [0.2, 0.25) is 0 Å². The van der Waals surface area contributed by atoms with E-state index in [0.29, 0.717) is 0 Å². The minimum atomic E-state index is 0.823. The van der Waals surface area contributed by atoms with Gasteiger partial charge in [-0.25, -0.2) is 0 Å². The number of unbranched alkanes of at least 4 members (excludes halogenated alkanes) is 3. The van der Waals surface area contributed by atoms with Gasteiger partial charge in [-0.3, -0.25) is 0 Å². The number of halogens is 1. The van der Waals surface area contributed by atoms with Crippen LogP contribution in [0.5, 0.6) is 0 Å². The molecule has 0 saturated carbocycles. The van der Waals surface area contributed by atoms with Crippen molar-refractivity contribution >= 4 is 11.6 Å². The molecule has 0 atom stereocenters. The van der Waals surface area contributed by atoms with Crippen molar-refractivity contribution in [3.63, 3.8) is 0 Å². The summed E-state index contributed by atoms with van der Waals surface area (Å²) in [4.78, 5) is 2.45. The van der Waals surface area contributed by atoms with Crippen LogP contribution in [0.4, 0.5) is 0 Å². The van der Waals surface area contributed by atoms with Gasteiger partial charge in [-0.1, -0.05) is 26.7 Å². The van der Waals surface area contributed by atoms with Crippen molar-refractivity contribution in [2.75, 3.05) is 26.0 Å². The average molecular weight is 220 g/mol. The lowest BCUT2D eigenvalue weighted by Gasteiger charge is -2.17. The Morgan fingerprint density at radius 2 is 1.64 bits per heavy atom. The zero-order chi connectivity index (χ0) is 10.8. The van der Waals surface area contributed by atoms with Crippen LogP contribution >= 0.6 is 11.6 Å². The van der Waals surface area contributed by atoms with Gasteiger partial charge in [0.2, 0.25) is 0 Å². The summed E-state index contributed by atoms with van der Waals surface area (Å²) in [5.41, 5.74) is 0. The molecule has 0 aliphatic rings. The first-order valence-electron chi connectivity index (χ1n) is 5.91. The second kappa shape index (κ2) is 9.79. The quantitative estimate of drug-likeness (QED) is 0.422. The molecule has 2 heteroatoms. The zero-order valence-corrected chi connectivity index (χ0v) is 10.8. The molecule has 0 aromatic carbocycles. The Bertz CT molecular complexity index is 115. The van der Waals surface area contributed by atoms with E-state index in [1.165, 1.54) is 45.2 Å². The number of rotatable bonds is 9. The summed E-state index contributed by atoms with van der Waals surface area (Å²) in [6.45, 7) is 7.06.